The third-order valence-corrected chi connectivity index (χ3v) is 7.33. The summed E-state index contributed by atoms with van der Waals surface area (Å²) < 4.78 is 0. The molecule has 0 bridgehead atoms. The molecule has 5 aromatic carbocycles. The Morgan fingerprint density at radius 1 is 0.429 bits per heavy atom. The van der Waals surface area contributed by atoms with E-state index >= 15 is 0 Å². The molecule has 0 fully saturated rings. The van der Waals surface area contributed by atoms with Crippen LogP contribution in [0.25, 0.3) is 33.3 Å². The Hall–Kier alpha value is -4.49. The van der Waals surface area contributed by atoms with Crippen LogP contribution >= 0.6 is 0 Å². The fraction of sp³-hybridized carbons (Fsp3) is 0.0294. The predicted molar refractivity (Wildman–Crippen MR) is 144 cm³/mol. The van der Waals surface area contributed by atoms with Crippen molar-refractivity contribution in [3.63, 3.8) is 0 Å². The maximum atomic E-state index is 5.44. The number of rotatable bonds is 3. The zero-order valence-electron chi connectivity index (χ0n) is 19.2. The van der Waals surface area contributed by atoms with E-state index in [-0.39, 0.29) is 0 Å². The Morgan fingerprint density at radius 3 is 1.60 bits per heavy atom. The standard InChI is InChI=1S/C34H23N/c1-4-14-24(15-5-1)32-28-21-11-10-20-27(28)31-33(35-32)29-22-12-13-23-30(29)34(31,25-16-6-2-7-17-25)26-18-8-3-9-19-26/h1-23H. The summed E-state index contributed by atoms with van der Waals surface area (Å²) in [4.78, 5) is 5.44. The molecule has 1 aliphatic rings. The largest absolute Gasteiger partial charge is 0.247 e. The van der Waals surface area contributed by atoms with Gasteiger partial charge in [0.2, 0.25) is 0 Å². The van der Waals surface area contributed by atoms with Gasteiger partial charge in [-0.25, -0.2) is 4.98 Å². The van der Waals surface area contributed by atoms with Gasteiger partial charge in [0.1, 0.15) is 0 Å². The highest BCUT2D eigenvalue weighted by molar-refractivity contribution is 6.04. The van der Waals surface area contributed by atoms with Crippen LogP contribution in [-0.2, 0) is 5.41 Å². The van der Waals surface area contributed by atoms with Gasteiger partial charge in [0.05, 0.1) is 16.8 Å². The van der Waals surface area contributed by atoms with Crippen molar-refractivity contribution >= 4 is 10.8 Å². The van der Waals surface area contributed by atoms with Crippen LogP contribution in [-0.4, -0.2) is 4.98 Å². The molecule has 0 unspecified atom stereocenters. The fourth-order valence-electron chi connectivity index (χ4n) is 5.95. The lowest BCUT2D eigenvalue weighted by molar-refractivity contribution is 0.774. The normalized spacial score (nSPS) is 13.4. The van der Waals surface area contributed by atoms with Crippen molar-refractivity contribution in [1.29, 1.82) is 0 Å². The second-order valence-corrected chi connectivity index (χ2v) is 9.12. The summed E-state index contributed by atoms with van der Waals surface area (Å²) in [6, 6.07) is 50.0. The summed E-state index contributed by atoms with van der Waals surface area (Å²) in [6.07, 6.45) is 0. The molecule has 35 heavy (non-hydrogen) atoms. The molecule has 0 aliphatic heterocycles. The Kier molecular flexibility index (Phi) is 4.43. The first kappa shape index (κ1) is 19.9. The topological polar surface area (TPSA) is 12.9 Å². The number of pyridine rings is 1. The van der Waals surface area contributed by atoms with Crippen LogP contribution in [0.4, 0.5) is 0 Å². The zero-order chi connectivity index (χ0) is 23.2. The van der Waals surface area contributed by atoms with Crippen molar-refractivity contribution in [1.82, 2.24) is 4.98 Å². The first-order valence-electron chi connectivity index (χ1n) is 12.1. The second-order valence-electron chi connectivity index (χ2n) is 9.12. The lowest BCUT2D eigenvalue weighted by Crippen LogP contribution is -2.29. The molecule has 1 heteroatoms. The van der Waals surface area contributed by atoms with Crippen LogP contribution in [0.2, 0.25) is 0 Å². The summed E-state index contributed by atoms with van der Waals surface area (Å²) in [6.45, 7) is 0. The monoisotopic (exact) mass is 445 g/mol. The highest BCUT2D eigenvalue weighted by Gasteiger charge is 2.48. The molecule has 1 aliphatic carbocycles. The average Bonchev–Trinajstić information content (AvgIpc) is 3.25. The van der Waals surface area contributed by atoms with Gasteiger partial charge < -0.3 is 0 Å². The predicted octanol–water partition coefficient (Wildman–Crippen LogP) is 8.26. The van der Waals surface area contributed by atoms with Gasteiger partial charge in [0, 0.05) is 22.1 Å². The minimum Gasteiger partial charge on any atom is -0.247 e. The Labute approximate surface area is 205 Å². The summed E-state index contributed by atoms with van der Waals surface area (Å²) in [5.41, 5.74) is 9.09. The van der Waals surface area contributed by atoms with Gasteiger partial charge in [-0.05, 0) is 22.1 Å². The molecule has 7 rings (SSSR count). The van der Waals surface area contributed by atoms with E-state index in [0.29, 0.717) is 0 Å². The Balaban J connectivity index is 1.71. The quantitative estimate of drug-likeness (QED) is 0.267. The second kappa shape index (κ2) is 7.78. The van der Waals surface area contributed by atoms with E-state index in [0.717, 1.165) is 17.0 Å². The summed E-state index contributed by atoms with van der Waals surface area (Å²) in [5, 5.41) is 2.43. The highest BCUT2D eigenvalue weighted by Crippen LogP contribution is 2.58. The third kappa shape index (κ3) is 2.79. The van der Waals surface area contributed by atoms with Crippen LogP contribution in [0, 0.1) is 0 Å². The van der Waals surface area contributed by atoms with Crippen molar-refractivity contribution in [2.24, 2.45) is 0 Å². The van der Waals surface area contributed by atoms with Crippen molar-refractivity contribution in [2.45, 2.75) is 5.41 Å². The molecule has 0 radical (unpaired) electrons. The fourth-order valence-corrected chi connectivity index (χ4v) is 5.95. The summed E-state index contributed by atoms with van der Waals surface area (Å²) in [5.74, 6) is 0. The van der Waals surface area contributed by atoms with Crippen molar-refractivity contribution in [3.05, 3.63) is 162 Å². The smallest absolute Gasteiger partial charge is 0.0788 e. The minimum atomic E-state index is -0.448. The molecular weight excluding hydrogens is 422 g/mol. The number of fused-ring (bicyclic) bond motifs is 5. The molecule has 0 N–H and O–H groups in total. The van der Waals surface area contributed by atoms with E-state index in [4.69, 9.17) is 4.98 Å². The van der Waals surface area contributed by atoms with Gasteiger partial charge in [-0.3, -0.25) is 0 Å². The molecule has 0 saturated carbocycles. The van der Waals surface area contributed by atoms with Gasteiger partial charge in [0.15, 0.2) is 0 Å². The first-order valence-corrected chi connectivity index (χ1v) is 12.1. The maximum Gasteiger partial charge on any atom is 0.0788 e. The van der Waals surface area contributed by atoms with Crippen molar-refractivity contribution in [3.8, 4) is 22.5 Å². The molecular formula is C34H23N. The van der Waals surface area contributed by atoms with Crippen LogP contribution in [0.15, 0.2) is 140 Å². The number of aromatic nitrogens is 1. The summed E-state index contributed by atoms with van der Waals surface area (Å²) in [7, 11) is 0. The Bertz CT molecular complexity index is 1630. The minimum absolute atomic E-state index is 0.448. The van der Waals surface area contributed by atoms with Crippen LogP contribution in [0.1, 0.15) is 22.3 Å². The molecule has 0 spiro atoms. The molecule has 6 aromatic rings. The van der Waals surface area contributed by atoms with E-state index in [9.17, 15) is 0 Å². The number of nitrogens with zero attached hydrogens (tertiary/aromatic N) is 1. The molecule has 164 valence electrons. The van der Waals surface area contributed by atoms with Crippen LogP contribution < -0.4 is 0 Å². The highest BCUT2D eigenvalue weighted by atomic mass is 14.8. The molecule has 0 amide bonds. The molecule has 0 saturated heterocycles. The van der Waals surface area contributed by atoms with Gasteiger partial charge >= 0.3 is 0 Å². The zero-order valence-corrected chi connectivity index (χ0v) is 19.2. The van der Waals surface area contributed by atoms with Gasteiger partial charge in [0.25, 0.3) is 0 Å². The Morgan fingerprint density at radius 2 is 0.943 bits per heavy atom. The average molecular weight is 446 g/mol. The van der Waals surface area contributed by atoms with Crippen molar-refractivity contribution in [2.75, 3.05) is 0 Å². The van der Waals surface area contributed by atoms with Gasteiger partial charge in [-0.1, -0.05) is 140 Å². The lowest BCUT2D eigenvalue weighted by atomic mass is 9.67. The van der Waals surface area contributed by atoms with Crippen molar-refractivity contribution < 1.29 is 0 Å². The molecule has 1 heterocycles. The van der Waals surface area contributed by atoms with Gasteiger partial charge in [-0.2, -0.15) is 0 Å². The van der Waals surface area contributed by atoms with E-state index in [1.165, 1.54) is 38.6 Å². The van der Waals surface area contributed by atoms with Gasteiger partial charge in [-0.15, -0.1) is 0 Å². The number of benzene rings is 5. The van der Waals surface area contributed by atoms with E-state index in [2.05, 4.69) is 140 Å². The number of hydrogen-bond acceptors (Lipinski definition) is 1. The molecule has 0 atom stereocenters. The van der Waals surface area contributed by atoms with E-state index < -0.39 is 5.41 Å². The molecule has 1 nitrogen and oxygen atoms in total. The SMILES string of the molecule is c1ccc(-c2nc3c(c4ccccc24)C(c2ccccc2)(c2ccccc2)c2ccccc2-3)cc1. The van der Waals surface area contributed by atoms with E-state index in [1.807, 2.05) is 0 Å². The summed E-state index contributed by atoms with van der Waals surface area (Å²) >= 11 is 0. The maximum absolute atomic E-state index is 5.44. The van der Waals surface area contributed by atoms with Crippen LogP contribution in [0.3, 0.4) is 0 Å². The first-order chi connectivity index (χ1) is 17.4. The molecule has 1 aromatic heterocycles. The number of hydrogen-bond donors (Lipinski definition) is 0. The third-order valence-electron chi connectivity index (χ3n) is 7.33. The lowest BCUT2D eigenvalue weighted by Gasteiger charge is -2.34. The van der Waals surface area contributed by atoms with Crippen LogP contribution in [0.5, 0.6) is 0 Å². The van der Waals surface area contributed by atoms with E-state index in [1.54, 1.807) is 0 Å².